The highest BCUT2D eigenvalue weighted by Crippen LogP contribution is 2.34. The van der Waals surface area contributed by atoms with Crippen molar-refractivity contribution in [3.05, 3.63) is 28.2 Å². The highest BCUT2D eigenvalue weighted by Gasteiger charge is 2.31. The second-order valence-electron chi connectivity index (χ2n) is 5.41. The summed E-state index contributed by atoms with van der Waals surface area (Å²) in [5.41, 5.74) is 0. The normalized spacial score (nSPS) is 21.4. The molecule has 2 rings (SSSR count). The van der Waals surface area contributed by atoms with E-state index in [9.17, 15) is 9.90 Å². The van der Waals surface area contributed by atoms with Crippen LogP contribution in [0.3, 0.4) is 0 Å². The van der Waals surface area contributed by atoms with Gasteiger partial charge in [-0.25, -0.2) is 0 Å². The average molecular weight is 348 g/mol. The molecule has 3 unspecified atom stereocenters. The lowest BCUT2D eigenvalue weighted by atomic mass is 10.0. The van der Waals surface area contributed by atoms with Gasteiger partial charge < -0.3 is 10.0 Å². The summed E-state index contributed by atoms with van der Waals surface area (Å²) in [6, 6.07) is 5.25. The minimum Gasteiger partial charge on any atom is -0.393 e. The van der Waals surface area contributed by atoms with Crippen LogP contribution in [0.1, 0.15) is 20.3 Å². The Hall–Kier alpha value is -0.420. The standard InChI is InChI=1S/C15H19Cl2NO2S/c1-9(19)11-5-6-18(8-11)15(20)10(2)21-14-7-12(16)3-4-13(14)17/h3-4,7,9-11,19H,5-6,8H2,1-2H3. The van der Waals surface area contributed by atoms with Crippen LogP contribution in [0.4, 0.5) is 0 Å². The number of thioether (sulfide) groups is 1. The molecule has 1 saturated heterocycles. The highest BCUT2D eigenvalue weighted by molar-refractivity contribution is 8.00. The van der Waals surface area contributed by atoms with Gasteiger partial charge >= 0.3 is 0 Å². The van der Waals surface area contributed by atoms with Crippen molar-refractivity contribution in [1.29, 1.82) is 0 Å². The summed E-state index contributed by atoms with van der Waals surface area (Å²) < 4.78 is 0. The number of likely N-dealkylation sites (tertiary alicyclic amines) is 1. The Morgan fingerprint density at radius 3 is 2.76 bits per heavy atom. The molecule has 0 spiro atoms. The molecule has 21 heavy (non-hydrogen) atoms. The number of carbonyl (C=O) groups excluding carboxylic acids is 1. The summed E-state index contributed by atoms with van der Waals surface area (Å²) in [5, 5.41) is 10.6. The van der Waals surface area contributed by atoms with Crippen molar-refractivity contribution in [3.8, 4) is 0 Å². The zero-order chi connectivity index (χ0) is 15.6. The first kappa shape index (κ1) is 16.9. The van der Waals surface area contributed by atoms with Gasteiger partial charge in [0.15, 0.2) is 0 Å². The van der Waals surface area contributed by atoms with Crippen LogP contribution in [0.25, 0.3) is 0 Å². The van der Waals surface area contributed by atoms with Gasteiger partial charge in [-0.1, -0.05) is 23.2 Å². The molecular formula is C15H19Cl2NO2S. The molecule has 1 fully saturated rings. The Balaban J connectivity index is 1.98. The van der Waals surface area contributed by atoms with E-state index in [0.29, 0.717) is 23.1 Å². The van der Waals surface area contributed by atoms with Crippen LogP contribution >= 0.6 is 35.0 Å². The fraction of sp³-hybridized carbons (Fsp3) is 0.533. The van der Waals surface area contributed by atoms with Crippen molar-refractivity contribution in [1.82, 2.24) is 4.90 Å². The molecule has 1 aliphatic heterocycles. The Bertz CT molecular complexity index is 524. The summed E-state index contributed by atoms with van der Waals surface area (Å²) in [7, 11) is 0. The first-order chi connectivity index (χ1) is 9.88. The molecular weight excluding hydrogens is 329 g/mol. The molecule has 0 aliphatic carbocycles. The van der Waals surface area contributed by atoms with Gasteiger partial charge in [0.1, 0.15) is 0 Å². The smallest absolute Gasteiger partial charge is 0.235 e. The second-order valence-corrected chi connectivity index (χ2v) is 7.63. The van der Waals surface area contributed by atoms with Gasteiger partial charge in [-0.15, -0.1) is 11.8 Å². The zero-order valence-corrected chi connectivity index (χ0v) is 14.4. The largest absolute Gasteiger partial charge is 0.393 e. The van der Waals surface area contributed by atoms with Gasteiger partial charge in [0.25, 0.3) is 0 Å². The van der Waals surface area contributed by atoms with Crippen LogP contribution in [0.2, 0.25) is 10.0 Å². The predicted molar refractivity (Wildman–Crippen MR) is 88.1 cm³/mol. The van der Waals surface area contributed by atoms with Crippen LogP contribution in [0.15, 0.2) is 23.1 Å². The maximum atomic E-state index is 12.5. The van der Waals surface area contributed by atoms with Crippen molar-refractivity contribution in [2.24, 2.45) is 5.92 Å². The van der Waals surface area contributed by atoms with Crippen LogP contribution in [-0.2, 0) is 4.79 Å². The summed E-state index contributed by atoms with van der Waals surface area (Å²) >= 11 is 13.5. The number of aliphatic hydroxyl groups is 1. The molecule has 1 heterocycles. The Kier molecular flexibility index (Phi) is 5.83. The maximum absolute atomic E-state index is 12.5. The summed E-state index contributed by atoms with van der Waals surface area (Å²) in [4.78, 5) is 15.1. The molecule has 1 aliphatic rings. The first-order valence-corrected chi connectivity index (χ1v) is 8.60. The summed E-state index contributed by atoms with van der Waals surface area (Å²) in [6.45, 7) is 5.00. The molecule has 1 aromatic carbocycles. The zero-order valence-electron chi connectivity index (χ0n) is 12.1. The number of carbonyl (C=O) groups is 1. The van der Waals surface area contributed by atoms with Gasteiger partial charge in [-0.2, -0.15) is 0 Å². The Labute approximate surface area is 139 Å². The molecule has 0 aromatic heterocycles. The molecule has 1 aromatic rings. The number of hydrogen-bond acceptors (Lipinski definition) is 3. The fourth-order valence-corrected chi connectivity index (χ4v) is 3.94. The van der Waals surface area contributed by atoms with E-state index in [0.717, 1.165) is 11.3 Å². The summed E-state index contributed by atoms with van der Waals surface area (Å²) in [5.74, 6) is 0.264. The van der Waals surface area contributed by atoms with Gasteiger partial charge in [-0.05, 0) is 38.5 Å². The van der Waals surface area contributed by atoms with E-state index in [1.54, 1.807) is 25.1 Å². The van der Waals surface area contributed by atoms with E-state index in [-0.39, 0.29) is 23.2 Å². The fourth-order valence-electron chi connectivity index (χ4n) is 2.45. The maximum Gasteiger partial charge on any atom is 0.235 e. The molecule has 1 N–H and O–H groups in total. The van der Waals surface area contributed by atoms with Crippen molar-refractivity contribution in [2.45, 2.75) is 36.5 Å². The first-order valence-electron chi connectivity index (χ1n) is 6.97. The molecule has 3 atom stereocenters. The second kappa shape index (κ2) is 7.23. The number of nitrogens with zero attached hydrogens (tertiary/aromatic N) is 1. The molecule has 0 saturated carbocycles. The third kappa shape index (κ3) is 4.28. The van der Waals surface area contributed by atoms with Crippen molar-refractivity contribution < 1.29 is 9.90 Å². The molecule has 3 nitrogen and oxygen atoms in total. The summed E-state index contributed by atoms with van der Waals surface area (Å²) in [6.07, 6.45) is 0.492. The van der Waals surface area contributed by atoms with E-state index < -0.39 is 0 Å². The van der Waals surface area contributed by atoms with Crippen LogP contribution in [0, 0.1) is 5.92 Å². The Morgan fingerprint density at radius 1 is 1.43 bits per heavy atom. The van der Waals surface area contributed by atoms with E-state index in [4.69, 9.17) is 23.2 Å². The highest BCUT2D eigenvalue weighted by atomic mass is 35.5. The average Bonchev–Trinajstić information content (AvgIpc) is 2.91. The number of benzene rings is 1. The molecule has 116 valence electrons. The van der Waals surface area contributed by atoms with Gasteiger partial charge in [0.2, 0.25) is 5.91 Å². The number of amides is 1. The third-order valence-electron chi connectivity index (χ3n) is 3.76. The number of rotatable bonds is 4. The van der Waals surface area contributed by atoms with E-state index >= 15 is 0 Å². The van der Waals surface area contributed by atoms with Crippen molar-refractivity contribution >= 4 is 40.9 Å². The third-order valence-corrected chi connectivity index (χ3v) is 5.59. The lowest BCUT2D eigenvalue weighted by Crippen LogP contribution is -2.35. The van der Waals surface area contributed by atoms with Crippen molar-refractivity contribution in [2.75, 3.05) is 13.1 Å². The van der Waals surface area contributed by atoms with E-state index in [2.05, 4.69) is 0 Å². The van der Waals surface area contributed by atoms with Crippen LogP contribution in [0.5, 0.6) is 0 Å². The topological polar surface area (TPSA) is 40.5 Å². The molecule has 0 bridgehead atoms. The SMILES string of the molecule is CC(Sc1cc(Cl)ccc1Cl)C(=O)N1CCC(C(C)O)C1. The predicted octanol–water partition coefficient (Wildman–Crippen LogP) is 3.70. The molecule has 0 radical (unpaired) electrons. The minimum atomic E-state index is -0.367. The lowest BCUT2D eigenvalue weighted by Gasteiger charge is -2.21. The molecule has 6 heteroatoms. The van der Waals surface area contributed by atoms with Gasteiger partial charge in [-0.3, -0.25) is 4.79 Å². The van der Waals surface area contributed by atoms with E-state index in [1.807, 2.05) is 11.8 Å². The van der Waals surface area contributed by atoms with E-state index in [1.165, 1.54) is 11.8 Å². The van der Waals surface area contributed by atoms with Gasteiger partial charge in [0.05, 0.1) is 16.4 Å². The van der Waals surface area contributed by atoms with Crippen LogP contribution in [-0.4, -0.2) is 40.4 Å². The van der Waals surface area contributed by atoms with Crippen molar-refractivity contribution in [3.63, 3.8) is 0 Å². The molecule has 1 amide bonds. The lowest BCUT2D eigenvalue weighted by molar-refractivity contribution is -0.129. The number of hydrogen-bond donors (Lipinski definition) is 1. The minimum absolute atomic E-state index is 0.0826. The van der Waals surface area contributed by atoms with Crippen LogP contribution < -0.4 is 0 Å². The monoisotopic (exact) mass is 347 g/mol. The quantitative estimate of drug-likeness (QED) is 0.844. The van der Waals surface area contributed by atoms with Gasteiger partial charge in [0, 0.05) is 28.9 Å². The Morgan fingerprint density at radius 2 is 2.14 bits per heavy atom. The number of halogens is 2. The number of aliphatic hydroxyl groups excluding tert-OH is 1.